The predicted octanol–water partition coefficient (Wildman–Crippen LogP) is 4.70. The normalized spacial score (nSPS) is 18.3. The molecule has 0 aliphatic carbocycles. The number of nitrogens with zero attached hydrogens (tertiary/aromatic N) is 4. The van der Waals surface area contributed by atoms with Crippen LogP contribution in [0.15, 0.2) is 30.6 Å². The molecule has 2 saturated heterocycles. The van der Waals surface area contributed by atoms with Crippen LogP contribution in [-0.2, 0) is 12.8 Å². The van der Waals surface area contributed by atoms with Crippen LogP contribution < -0.4 is 0 Å². The molecule has 1 amide bonds. The number of carbonyl (C=O) groups is 1. The predicted molar refractivity (Wildman–Crippen MR) is 125 cm³/mol. The molecule has 3 heterocycles. The highest BCUT2D eigenvalue weighted by Crippen LogP contribution is 2.23. The van der Waals surface area contributed by atoms with Crippen molar-refractivity contribution in [1.82, 2.24) is 19.8 Å². The molecule has 2 aromatic rings. The number of aromatic nitrogens is 2. The van der Waals surface area contributed by atoms with Gasteiger partial charge in [0, 0.05) is 35.4 Å². The molecule has 166 valence electrons. The first-order valence-electron chi connectivity index (χ1n) is 11.7. The average Bonchev–Trinajstić information content (AvgIpc) is 2.80. The zero-order valence-corrected chi connectivity index (χ0v) is 19.3. The molecule has 0 radical (unpaired) electrons. The van der Waals surface area contributed by atoms with Gasteiger partial charge in [0.2, 0.25) is 0 Å². The molecule has 0 bridgehead atoms. The molecule has 6 heteroatoms. The molecular weight excluding hydrogens is 408 g/mol. The van der Waals surface area contributed by atoms with Crippen LogP contribution >= 0.6 is 11.6 Å². The third-order valence-corrected chi connectivity index (χ3v) is 7.05. The second kappa shape index (κ2) is 10.6. The van der Waals surface area contributed by atoms with Gasteiger partial charge >= 0.3 is 0 Å². The second-order valence-electron chi connectivity index (χ2n) is 8.90. The van der Waals surface area contributed by atoms with E-state index in [0.29, 0.717) is 11.7 Å². The van der Waals surface area contributed by atoms with Crippen LogP contribution in [0.5, 0.6) is 0 Å². The van der Waals surface area contributed by atoms with Crippen molar-refractivity contribution >= 4 is 17.5 Å². The highest BCUT2D eigenvalue weighted by atomic mass is 35.5. The van der Waals surface area contributed by atoms with Gasteiger partial charge < -0.3 is 9.80 Å². The standard InChI is InChI=1S/C25H33ClN4O/c1-19-23(10-6-8-20-7-5-9-21(26)17-20)27-18-28-24(19)25(31)30-15-11-22(12-16-30)29-13-3-2-4-14-29/h5,7,9,17-18,22H,2-4,6,8,10-16H2,1H3. The number of hydrogen-bond acceptors (Lipinski definition) is 4. The Hall–Kier alpha value is -1.98. The molecule has 2 fully saturated rings. The maximum absolute atomic E-state index is 13.2. The van der Waals surface area contributed by atoms with Crippen LogP contribution in [0, 0.1) is 6.92 Å². The number of piperidine rings is 2. The molecule has 2 aliphatic heterocycles. The smallest absolute Gasteiger partial charge is 0.272 e. The van der Waals surface area contributed by atoms with E-state index in [0.717, 1.165) is 61.5 Å². The van der Waals surface area contributed by atoms with Gasteiger partial charge in [-0.3, -0.25) is 4.79 Å². The topological polar surface area (TPSA) is 49.3 Å². The van der Waals surface area contributed by atoms with Crippen LogP contribution in [0.2, 0.25) is 5.02 Å². The van der Waals surface area contributed by atoms with Gasteiger partial charge in [0.05, 0.1) is 0 Å². The Kier molecular flexibility index (Phi) is 7.57. The quantitative estimate of drug-likeness (QED) is 0.653. The van der Waals surface area contributed by atoms with Gasteiger partial charge in [0.25, 0.3) is 5.91 Å². The van der Waals surface area contributed by atoms with Crippen molar-refractivity contribution in [3.63, 3.8) is 0 Å². The van der Waals surface area contributed by atoms with Crippen LogP contribution in [0.4, 0.5) is 0 Å². The molecule has 5 nitrogen and oxygen atoms in total. The average molecular weight is 441 g/mol. The summed E-state index contributed by atoms with van der Waals surface area (Å²) in [6.45, 7) is 6.09. The first kappa shape index (κ1) is 22.2. The van der Waals surface area contributed by atoms with Gasteiger partial charge in [-0.25, -0.2) is 9.97 Å². The summed E-state index contributed by atoms with van der Waals surface area (Å²) in [5.41, 5.74) is 3.71. The van der Waals surface area contributed by atoms with E-state index in [9.17, 15) is 4.79 Å². The summed E-state index contributed by atoms with van der Waals surface area (Å²) in [5.74, 6) is 0.0630. The van der Waals surface area contributed by atoms with Crippen molar-refractivity contribution in [3.8, 4) is 0 Å². The number of halogens is 1. The minimum atomic E-state index is 0.0630. The van der Waals surface area contributed by atoms with E-state index in [1.165, 1.54) is 37.9 Å². The zero-order chi connectivity index (χ0) is 21.6. The summed E-state index contributed by atoms with van der Waals surface area (Å²) in [4.78, 5) is 26.7. The lowest BCUT2D eigenvalue weighted by molar-refractivity contribution is 0.0583. The highest BCUT2D eigenvalue weighted by Gasteiger charge is 2.29. The van der Waals surface area contributed by atoms with Crippen molar-refractivity contribution in [3.05, 3.63) is 58.1 Å². The Morgan fingerprint density at radius 2 is 1.84 bits per heavy atom. The maximum atomic E-state index is 13.2. The molecule has 0 atom stereocenters. The Balaban J connectivity index is 1.33. The summed E-state index contributed by atoms with van der Waals surface area (Å²) < 4.78 is 0. The van der Waals surface area contributed by atoms with Crippen LogP contribution in [0.25, 0.3) is 0 Å². The van der Waals surface area contributed by atoms with E-state index in [1.807, 2.05) is 30.0 Å². The number of amides is 1. The molecule has 31 heavy (non-hydrogen) atoms. The third kappa shape index (κ3) is 5.64. The highest BCUT2D eigenvalue weighted by molar-refractivity contribution is 6.30. The van der Waals surface area contributed by atoms with Gasteiger partial charge in [-0.05, 0) is 82.7 Å². The van der Waals surface area contributed by atoms with E-state index in [4.69, 9.17) is 11.6 Å². The molecule has 0 spiro atoms. The first-order chi connectivity index (χ1) is 15.1. The fraction of sp³-hybridized carbons (Fsp3) is 0.560. The third-order valence-electron chi connectivity index (χ3n) is 6.82. The largest absolute Gasteiger partial charge is 0.337 e. The molecule has 0 saturated carbocycles. The van der Waals surface area contributed by atoms with Gasteiger partial charge in [0.15, 0.2) is 0 Å². The fourth-order valence-electron chi connectivity index (χ4n) is 4.97. The molecule has 0 unspecified atom stereocenters. The summed E-state index contributed by atoms with van der Waals surface area (Å²) in [7, 11) is 0. The zero-order valence-electron chi connectivity index (χ0n) is 18.5. The molecule has 2 aliphatic rings. The van der Waals surface area contributed by atoms with E-state index in [2.05, 4.69) is 20.9 Å². The van der Waals surface area contributed by atoms with Gasteiger partial charge in [0.1, 0.15) is 12.0 Å². The number of benzene rings is 1. The number of hydrogen-bond donors (Lipinski definition) is 0. The van der Waals surface area contributed by atoms with Crippen LogP contribution in [0.3, 0.4) is 0 Å². The van der Waals surface area contributed by atoms with Gasteiger partial charge in [-0.2, -0.15) is 0 Å². The lowest BCUT2D eigenvalue weighted by atomic mass is 9.99. The molecule has 1 aromatic carbocycles. The van der Waals surface area contributed by atoms with Gasteiger partial charge in [-0.1, -0.05) is 30.2 Å². The van der Waals surface area contributed by atoms with E-state index in [1.54, 1.807) is 6.33 Å². The Morgan fingerprint density at radius 3 is 2.58 bits per heavy atom. The summed E-state index contributed by atoms with van der Waals surface area (Å²) in [5, 5.41) is 0.771. The minimum Gasteiger partial charge on any atom is -0.337 e. The van der Waals surface area contributed by atoms with Crippen molar-refractivity contribution < 1.29 is 4.79 Å². The van der Waals surface area contributed by atoms with Crippen molar-refractivity contribution in [2.45, 2.75) is 64.3 Å². The van der Waals surface area contributed by atoms with Crippen LogP contribution in [0.1, 0.15) is 65.8 Å². The lowest BCUT2D eigenvalue weighted by Crippen LogP contribution is -2.48. The first-order valence-corrected chi connectivity index (χ1v) is 12.1. The Morgan fingerprint density at radius 1 is 1.06 bits per heavy atom. The number of aryl methyl sites for hydroxylation is 2. The number of rotatable bonds is 6. The second-order valence-corrected chi connectivity index (χ2v) is 9.33. The maximum Gasteiger partial charge on any atom is 0.272 e. The minimum absolute atomic E-state index is 0.0630. The van der Waals surface area contributed by atoms with Crippen molar-refractivity contribution in [2.75, 3.05) is 26.2 Å². The summed E-state index contributed by atoms with van der Waals surface area (Å²) in [6, 6.07) is 8.63. The lowest BCUT2D eigenvalue weighted by Gasteiger charge is -2.40. The molecule has 0 N–H and O–H groups in total. The fourth-order valence-corrected chi connectivity index (χ4v) is 5.19. The van der Waals surface area contributed by atoms with E-state index in [-0.39, 0.29) is 5.91 Å². The Bertz CT molecular complexity index is 889. The van der Waals surface area contributed by atoms with Crippen molar-refractivity contribution in [2.24, 2.45) is 0 Å². The number of likely N-dealkylation sites (tertiary alicyclic amines) is 2. The molecule has 4 rings (SSSR count). The summed E-state index contributed by atoms with van der Waals surface area (Å²) >= 11 is 6.08. The van der Waals surface area contributed by atoms with Gasteiger partial charge in [-0.15, -0.1) is 0 Å². The van der Waals surface area contributed by atoms with Crippen molar-refractivity contribution in [1.29, 1.82) is 0 Å². The number of carbonyl (C=O) groups excluding carboxylic acids is 1. The molecule has 1 aromatic heterocycles. The molecular formula is C25H33ClN4O. The monoisotopic (exact) mass is 440 g/mol. The summed E-state index contributed by atoms with van der Waals surface area (Å²) in [6.07, 6.45) is 10.4. The van der Waals surface area contributed by atoms with E-state index >= 15 is 0 Å². The van der Waals surface area contributed by atoms with Crippen LogP contribution in [-0.4, -0.2) is 57.9 Å². The Labute approximate surface area is 190 Å². The van der Waals surface area contributed by atoms with E-state index < -0.39 is 0 Å². The SMILES string of the molecule is Cc1c(CCCc2cccc(Cl)c2)ncnc1C(=O)N1CCC(N2CCCCC2)CC1.